The van der Waals surface area contributed by atoms with Crippen molar-refractivity contribution < 1.29 is 4.57 Å². The first-order valence-corrected chi connectivity index (χ1v) is 8.87. The number of nitrogens with zero attached hydrogens (tertiary/aromatic N) is 2. The predicted octanol–water partition coefficient (Wildman–Crippen LogP) is 4.83. The summed E-state index contributed by atoms with van der Waals surface area (Å²) in [7, 11) is 6.24. The maximum Gasteiger partial charge on any atom is 0.262 e. The highest BCUT2D eigenvalue weighted by molar-refractivity contribution is 7.18. The molecule has 0 aliphatic carbocycles. The number of aromatic nitrogens is 1. The van der Waals surface area contributed by atoms with Crippen LogP contribution in [0.15, 0.2) is 54.6 Å². The number of aryl methyl sites for hydroxylation is 2. The summed E-state index contributed by atoms with van der Waals surface area (Å²) in [6.07, 6.45) is 8.51. The van der Waals surface area contributed by atoms with Crippen LogP contribution < -0.4 is 9.47 Å². The average Bonchev–Trinajstić information content (AvgIpc) is 2.88. The zero-order valence-electron chi connectivity index (χ0n) is 14.7. The van der Waals surface area contributed by atoms with Crippen molar-refractivity contribution in [1.29, 1.82) is 0 Å². The van der Waals surface area contributed by atoms with Gasteiger partial charge >= 0.3 is 0 Å². The monoisotopic (exact) mass is 335 g/mol. The summed E-state index contributed by atoms with van der Waals surface area (Å²) in [5.74, 6) is 0. The summed E-state index contributed by atoms with van der Waals surface area (Å²) in [5, 5.41) is 1.25. The molecule has 3 rings (SSSR count). The SMILES string of the molecule is Cc1ccc2sc(/C=C/C=C/c3ccc(N(C)C)cc3)[n+](C)c2c1. The minimum atomic E-state index is 1.21. The summed E-state index contributed by atoms with van der Waals surface area (Å²) in [6.45, 7) is 2.14. The Kier molecular flexibility index (Phi) is 4.81. The first-order valence-electron chi connectivity index (χ1n) is 8.06. The van der Waals surface area contributed by atoms with Crippen LogP contribution in [0.5, 0.6) is 0 Å². The molecule has 0 unspecified atom stereocenters. The number of allylic oxidation sites excluding steroid dienone is 2. The van der Waals surface area contributed by atoms with E-state index in [4.69, 9.17) is 0 Å². The van der Waals surface area contributed by atoms with E-state index in [0.717, 1.165) is 0 Å². The van der Waals surface area contributed by atoms with Gasteiger partial charge in [0, 0.05) is 31.9 Å². The molecule has 0 aliphatic heterocycles. The van der Waals surface area contributed by atoms with Crippen molar-refractivity contribution >= 4 is 39.4 Å². The van der Waals surface area contributed by atoms with E-state index >= 15 is 0 Å². The molecule has 0 spiro atoms. The molecule has 24 heavy (non-hydrogen) atoms. The van der Waals surface area contributed by atoms with E-state index < -0.39 is 0 Å². The van der Waals surface area contributed by atoms with Gasteiger partial charge < -0.3 is 4.90 Å². The molecule has 0 saturated carbocycles. The third-order valence-electron chi connectivity index (χ3n) is 4.07. The fourth-order valence-electron chi connectivity index (χ4n) is 2.61. The number of rotatable bonds is 4. The van der Waals surface area contributed by atoms with E-state index in [-0.39, 0.29) is 0 Å². The van der Waals surface area contributed by atoms with Gasteiger partial charge in [0.2, 0.25) is 5.52 Å². The largest absolute Gasteiger partial charge is 0.378 e. The summed E-state index contributed by atoms with van der Waals surface area (Å²) < 4.78 is 3.58. The molecule has 0 N–H and O–H groups in total. The van der Waals surface area contributed by atoms with Gasteiger partial charge in [-0.05, 0) is 36.2 Å². The van der Waals surface area contributed by atoms with E-state index in [2.05, 4.69) is 104 Å². The molecule has 0 bridgehead atoms. The van der Waals surface area contributed by atoms with Crippen LogP contribution >= 0.6 is 11.3 Å². The molecule has 0 amide bonds. The van der Waals surface area contributed by atoms with Gasteiger partial charge in [0.15, 0.2) is 0 Å². The van der Waals surface area contributed by atoms with E-state index in [1.54, 1.807) is 0 Å². The van der Waals surface area contributed by atoms with Crippen LogP contribution in [0.4, 0.5) is 5.69 Å². The zero-order chi connectivity index (χ0) is 17.1. The van der Waals surface area contributed by atoms with Gasteiger partial charge in [-0.15, -0.1) is 0 Å². The molecule has 2 nitrogen and oxygen atoms in total. The topological polar surface area (TPSA) is 7.12 Å². The Morgan fingerprint density at radius 2 is 1.67 bits per heavy atom. The Morgan fingerprint density at radius 3 is 2.38 bits per heavy atom. The van der Waals surface area contributed by atoms with Crippen LogP contribution in [0.3, 0.4) is 0 Å². The van der Waals surface area contributed by atoms with Gasteiger partial charge in [0.05, 0.1) is 0 Å². The van der Waals surface area contributed by atoms with E-state index in [1.807, 2.05) is 11.3 Å². The fourth-order valence-corrected chi connectivity index (χ4v) is 3.65. The van der Waals surface area contributed by atoms with Crippen LogP contribution in [0, 0.1) is 6.92 Å². The molecule has 122 valence electrons. The second kappa shape index (κ2) is 7.02. The number of hydrogen-bond acceptors (Lipinski definition) is 2. The summed E-state index contributed by atoms with van der Waals surface area (Å²) in [6, 6.07) is 15.2. The smallest absolute Gasteiger partial charge is 0.262 e. The molecule has 1 heterocycles. The summed E-state index contributed by atoms with van der Waals surface area (Å²) in [4.78, 5) is 2.11. The lowest BCUT2D eigenvalue weighted by Gasteiger charge is -2.11. The molecule has 0 atom stereocenters. The lowest BCUT2D eigenvalue weighted by atomic mass is 10.2. The Morgan fingerprint density at radius 1 is 0.958 bits per heavy atom. The third-order valence-corrected chi connectivity index (χ3v) is 5.25. The van der Waals surface area contributed by atoms with Crippen LogP contribution in [0.1, 0.15) is 16.1 Å². The second-order valence-corrected chi connectivity index (χ2v) is 7.24. The number of anilines is 1. The highest BCUT2D eigenvalue weighted by Gasteiger charge is 2.13. The molecule has 0 saturated heterocycles. The lowest BCUT2D eigenvalue weighted by molar-refractivity contribution is -0.642. The Labute approximate surface area is 148 Å². The average molecular weight is 335 g/mol. The van der Waals surface area contributed by atoms with Crippen molar-refractivity contribution in [2.45, 2.75) is 6.92 Å². The van der Waals surface area contributed by atoms with Crippen LogP contribution in [-0.4, -0.2) is 14.1 Å². The minimum absolute atomic E-state index is 1.21. The summed E-state index contributed by atoms with van der Waals surface area (Å²) in [5.41, 5.74) is 5.02. The maximum atomic E-state index is 2.25. The van der Waals surface area contributed by atoms with Crippen molar-refractivity contribution in [3.05, 3.63) is 70.8 Å². The molecule has 2 aromatic carbocycles. The second-order valence-electron chi connectivity index (χ2n) is 6.17. The van der Waals surface area contributed by atoms with Crippen molar-refractivity contribution in [2.75, 3.05) is 19.0 Å². The van der Waals surface area contributed by atoms with Crippen molar-refractivity contribution in [3.63, 3.8) is 0 Å². The van der Waals surface area contributed by atoms with Crippen LogP contribution in [-0.2, 0) is 7.05 Å². The number of hydrogen-bond donors (Lipinski definition) is 0. The van der Waals surface area contributed by atoms with Gasteiger partial charge in [-0.3, -0.25) is 0 Å². The van der Waals surface area contributed by atoms with Crippen molar-refractivity contribution in [1.82, 2.24) is 0 Å². The molecule has 3 aromatic rings. The van der Waals surface area contributed by atoms with Crippen molar-refractivity contribution in [3.8, 4) is 0 Å². The number of thiazole rings is 1. The molecular weight excluding hydrogens is 312 g/mol. The third kappa shape index (κ3) is 3.57. The highest BCUT2D eigenvalue weighted by atomic mass is 32.1. The van der Waals surface area contributed by atoms with E-state index in [1.165, 1.54) is 32.0 Å². The van der Waals surface area contributed by atoms with Crippen LogP contribution in [0.2, 0.25) is 0 Å². The van der Waals surface area contributed by atoms with Gasteiger partial charge in [-0.1, -0.05) is 47.8 Å². The van der Waals surface area contributed by atoms with Gasteiger partial charge in [0.25, 0.3) is 5.01 Å². The van der Waals surface area contributed by atoms with Gasteiger partial charge in [0.1, 0.15) is 11.7 Å². The molecular formula is C21H23N2S+. The molecule has 1 aromatic heterocycles. The number of benzene rings is 2. The van der Waals surface area contributed by atoms with E-state index in [0.29, 0.717) is 0 Å². The quantitative estimate of drug-likeness (QED) is 0.489. The molecule has 3 heteroatoms. The fraction of sp³-hybridized carbons (Fsp3) is 0.190. The zero-order valence-corrected chi connectivity index (χ0v) is 15.5. The Bertz CT molecular complexity index is 899. The Balaban J connectivity index is 1.75. The Hall–Kier alpha value is -2.39. The summed E-state index contributed by atoms with van der Waals surface area (Å²) >= 11 is 1.82. The van der Waals surface area contributed by atoms with Crippen LogP contribution in [0.25, 0.3) is 22.4 Å². The van der Waals surface area contributed by atoms with Gasteiger partial charge in [-0.25, -0.2) is 0 Å². The van der Waals surface area contributed by atoms with E-state index in [9.17, 15) is 0 Å². The normalized spacial score (nSPS) is 11.8. The van der Waals surface area contributed by atoms with Crippen molar-refractivity contribution in [2.24, 2.45) is 7.05 Å². The predicted molar refractivity (Wildman–Crippen MR) is 107 cm³/mol. The molecule has 0 aliphatic rings. The highest BCUT2D eigenvalue weighted by Crippen LogP contribution is 2.22. The molecule has 0 radical (unpaired) electrons. The minimum Gasteiger partial charge on any atom is -0.378 e. The number of fused-ring (bicyclic) bond motifs is 1. The lowest BCUT2D eigenvalue weighted by Crippen LogP contribution is -2.28. The maximum absolute atomic E-state index is 2.25. The molecule has 0 fully saturated rings. The van der Waals surface area contributed by atoms with Gasteiger partial charge in [-0.2, -0.15) is 4.57 Å². The first kappa shape index (κ1) is 16.5. The standard InChI is InChI=1S/C21H23N2S/c1-16-9-14-20-19(15-16)23(4)21(24-20)8-6-5-7-17-10-12-18(13-11-17)22(2)3/h5-15H,1-4H3/q+1. The first-order chi connectivity index (χ1) is 11.5.